The van der Waals surface area contributed by atoms with Crippen LogP contribution in [0.5, 0.6) is 0 Å². The number of hydrogen-bond donors (Lipinski definition) is 0. The summed E-state index contributed by atoms with van der Waals surface area (Å²) in [7, 11) is 0. The monoisotopic (exact) mass is 427 g/mol. The number of nitrogens with zero attached hydrogens (tertiary/aromatic N) is 5. The van der Waals surface area contributed by atoms with Crippen LogP contribution in [0.3, 0.4) is 0 Å². The second kappa shape index (κ2) is 9.66. The van der Waals surface area contributed by atoms with Crippen LogP contribution in [0.15, 0.2) is 29.8 Å². The van der Waals surface area contributed by atoms with Crippen LogP contribution in [0, 0.1) is 12.8 Å². The Kier molecular flexibility index (Phi) is 6.74. The smallest absolute Gasteiger partial charge is 0.227 e. The molecule has 2 aliphatic rings. The van der Waals surface area contributed by atoms with Gasteiger partial charge in [-0.25, -0.2) is 4.98 Å². The molecule has 0 spiro atoms. The minimum Gasteiger partial charge on any atom is -0.342 e. The maximum Gasteiger partial charge on any atom is 0.227 e. The first-order valence-electron chi connectivity index (χ1n) is 10.7. The highest BCUT2D eigenvalue weighted by molar-refractivity contribution is 7.09. The third-order valence-corrected chi connectivity index (χ3v) is 6.77. The fourth-order valence-electron chi connectivity index (χ4n) is 4.22. The zero-order valence-electron chi connectivity index (χ0n) is 17.5. The van der Waals surface area contributed by atoms with Gasteiger partial charge in [0.1, 0.15) is 0 Å². The highest BCUT2D eigenvalue weighted by Crippen LogP contribution is 2.21. The van der Waals surface area contributed by atoms with Crippen LogP contribution in [0.1, 0.15) is 29.2 Å². The number of carbonyl (C=O) groups excluding carboxylic acids is 2. The summed E-state index contributed by atoms with van der Waals surface area (Å²) in [4.78, 5) is 40.5. The number of aryl methyl sites for hydroxylation is 1. The van der Waals surface area contributed by atoms with Gasteiger partial charge < -0.3 is 9.80 Å². The van der Waals surface area contributed by atoms with E-state index in [9.17, 15) is 9.59 Å². The maximum atomic E-state index is 13.1. The van der Waals surface area contributed by atoms with E-state index < -0.39 is 0 Å². The zero-order valence-corrected chi connectivity index (χ0v) is 18.3. The average Bonchev–Trinajstić information content (AvgIpc) is 3.18. The molecule has 8 heteroatoms. The van der Waals surface area contributed by atoms with E-state index >= 15 is 0 Å². The van der Waals surface area contributed by atoms with Gasteiger partial charge in [-0.3, -0.25) is 19.5 Å². The summed E-state index contributed by atoms with van der Waals surface area (Å²) in [5.74, 6) is 0.270. The molecule has 2 aromatic heterocycles. The van der Waals surface area contributed by atoms with Crippen molar-refractivity contribution in [1.82, 2.24) is 24.7 Å². The Bertz CT molecular complexity index is 863. The highest BCUT2D eigenvalue weighted by atomic mass is 32.1. The average molecular weight is 428 g/mol. The minimum absolute atomic E-state index is 0.0841. The molecule has 2 aromatic rings. The second-order valence-corrected chi connectivity index (χ2v) is 9.17. The molecule has 1 unspecified atom stereocenters. The molecular formula is C22H29N5O2S. The Labute approximate surface area is 181 Å². The first kappa shape index (κ1) is 20.9. The number of piperidine rings is 1. The van der Waals surface area contributed by atoms with Crippen LogP contribution >= 0.6 is 11.3 Å². The van der Waals surface area contributed by atoms with Crippen LogP contribution in [-0.4, -0.2) is 75.8 Å². The predicted molar refractivity (Wildman–Crippen MR) is 116 cm³/mol. The molecule has 2 aliphatic heterocycles. The van der Waals surface area contributed by atoms with Gasteiger partial charge in [0, 0.05) is 75.9 Å². The first-order valence-corrected chi connectivity index (χ1v) is 11.6. The maximum absolute atomic E-state index is 13.1. The van der Waals surface area contributed by atoms with Crippen molar-refractivity contribution in [3.05, 3.63) is 46.2 Å². The van der Waals surface area contributed by atoms with Gasteiger partial charge in [0.05, 0.1) is 16.6 Å². The van der Waals surface area contributed by atoms with Crippen molar-refractivity contribution in [3.63, 3.8) is 0 Å². The number of piperazine rings is 1. The van der Waals surface area contributed by atoms with Gasteiger partial charge in [0.15, 0.2) is 0 Å². The fraction of sp³-hybridized carbons (Fsp3) is 0.545. The van der Waals surface area contributed by atoms with Crippen molar-refractivity contribution in [2.45, 2.75) is 32.7 Å². The van der Waals surface area contributed by atoms with Crippen LogP contribution in [0.25, 0.3) is 0 Å². The molecule has 0 saturated carbocycles. The van der Waals surface area contributed by atoms with Crippen LogP contribution in [0.2, 0.25) is 0 Å². The number of aromatic nitrogens is 2. The number of carbonyl (C=O) groups is 2. The van der Waals surface area contributed by atoms with E-state index in [4.69, 9.17) is 0 Å². The van der Waals surface area contributed by atoms with Gasteiger partial charge in [-0.15, -0.1) is 11.3 Å². The summed E-state index contributed by atoms with van der Waals surface area (Å²) in [6.45, 7) is 7.28. The number of rotatable bonds is 6. The lowest BCUT2D eigenvalue weighted by molar-refractivity contribution is -0.144. The van der Waals surface area contributed by atoms with Crippen molar-refractivity contribution in [2.24, 2.45) is 5.92 Å². The topological polar surface area (TPSA) is 69.6 Å². The van der Waals surface area contributed by atoms with E-state index in [0.717, 1.165) is 55.5 Å². The SMILES string of the molecule is Cc1nc(CN2CCN(C(=O)C3CCC(=O)N(CCc4ccccn4)C3)CC2)cs1. The number of thiazole rings is 1. The highest BCUT2D eigenvalue weighted by Gasteiger charge is 2.33. The Morgan fingerprint density at radius 2 is 2.03 bits per heavy atom. The lowest BCUT2D eigenvalue weighted by Gasteiger charge is -2.38. The third kappa shape index (κ3) is 5.23. The molecular weight excluding hydrogens is 398 g/mol. The van der Waals surface area contributed by atoms with Gasteiger partial charge in [-0.2, -0.15) is 0 Å². The van der Waals surface area contributed by atoms with Crippen molar-refractivity contribution in [3.8, 4) is 0 Å². The Hall–Kier alpha value is -2.32. The summed E-state index contributed by atoms with van der Waals surface area (Å²) < 4.78 is 0. The molecule has 30 heavy (non-hydrogen) atoms. The molecule has 2 saturated heterocycles. The largest absolute Gasteiger partial charge is 0.342 e. The second-order valence-electron chi connectivity index (χ2n) is 8.11. The fourth-order valence-corrected chi connectivity index (χ4v) is 4.83. The van der Waals surface area contributed by atoms with Crippen molar-refractivity contribution in [1.29, 1.82) is 0 Å². The van der Waals surface area contributed by atoms with E-state index in [1.54, 1.807) is 17.5 Å². The van der Waals surface area contributed by atoms with E-state index in [1.165, 1.54) is 0 Å². The van der Waals surface area contributed by atoms with Gasteiger partial charge in [-0.1, -0.05) is 6.07 Å². The van der Waals surface area contributed by atoms with Crippen molar-refractivity contribution in [2.75, 3.05) is 39.3 Å². The van der Waals surface area contributed by atoms with Crippen LogP contribution < -0.4 is 0 Å². The first-order chi connectivity index (χ1) is 14.6. The van der Waals surface area contributed by atoms with Crippen molar-refractivity contribution >= 4 is 23.2 Å². The Morgan fingerprint density at radius 1 is 1.20 bits per heavy atom. The molecule has 2 amide bonds. The summed E-state index contributed by atoms with van der Waals surface area (Å²) >= 11 is 1.68. The number of pyridine rings is 1. The molecule has 0 aromatic carbocycles. The Morgan fingerprint density at radius 3 is 2.73 bits per heavy atom. The number of amides is 2. The molecule has 160 valence electrons. The standard InChI is InChI=1S/C22H29N5O2S/c1-17-24-20(16-30-17)15-25-10-12-26(13-11-25)22(29)18-5-6-21(28)27(14-18)9-7-19-4-2-3-8-23-19/h2-4,8,16,18H,5-7,9-15H2,1H3. The lowest BCUT2D eigenvalue weighted by Crippen LogP contribution is -2.53. The molecule has 2 fully saturated rings. The Balaban J connectivity index is 1.26. The third-order valence-electron chi connectivity index (χ3n) is 5.95. The molecule has 4 rings (SSSR count). The summed E-state index contributed by atoms with van der Waals surface area (Å²) in [6, 6.07) is 5.83. The zero-order chi connectivity index (χ0) is 20.9. The predicted octanol–water partition coefficient (Wildman–Crippen LogP) is 1.97. The molecule has 0 radical (unpaired) electrons. The molecule has 0 bridgehead atoms. The van der Waals surface area contributed by atoms with Gasteiger partial charge in [-0.05, 0) is 25.5 Å². The molecule has 1 atom stereocenters. The van der Waals surface area contributed by atoms with E-state index in [-0.39, 0.29) is 17.7 Å². The molecule has 4 heterocycles. The van der Waals surface area contributed by atoms with Crippen LogP contribution in [-0.2, 0) is 22.6 Å². The number of likely N-dealkylation sites (tertiary alicyclic amines) is 1. The summed E-state index contributed by atoms with van der Waals surface area (Å²) in [5, 5.41) is 3.21. The summed E-state index contributed by atoms with van der Waals surface area (Å²) in [5.41, 5.74) is 2.09. The van der Waals surface area contributed by atoms with Crippen molar-refractivity contribution < 1.29 is 9.59 Å². The quantitative estimate of drug-likeness (QED) is 0.705. The van der Waals surface area contributed by atoms with Crippen LogP contribution in [0.4, 0.5) is 0 Å². The van der Waals surface area contributed by atoms with E-state index in [1.807, 2.05) is 34.9 Å². The minimum atomic E-state index is -0.0841. The summed E-state index contributed by atoms with van der Waals surface area (Å²) in [6.07, 6.45) is 3.62. The molecule has 7 nitrogen and oxygen atoms in total. The van der Waals surface area contributed by atoms with Gasteiger partial charge >= 0.3 is 0 Å². The normalized spacial score (nSPS) is 20.6. The molecule has 0 aliphatic carbocycles. The lowest BCUT2D eigenvalue weighted by atomic mass is 9.95. The van der Waals surface area contributed by atoms with Gasteiger partial charge in [0.25, 0.3) is 0 Å². The van der Waals surface area contributed by atoms with E-state index in [2.05, 4.69) is 20.2 Å². The number of hydrogen-bond acceptors (Lipinski definition) is 6. The molecule has 0 N–H and O–H groups in total. The van der Waals surface area contributed by atoms with E-state index in [0.29, 0.717) is 25.9 Å². The van der Waals surface area contributed by atoms with Gasteiger partial charge in [0.2, 0.25) is 11.8 Å².